The molecule has 2 aromatic heterocycles. The van der Waals surface area contributed by atoms with Gasteiger partial charge in [-0.05, 0) is 47.2 Å². The van der Waals surface area contributed by atoms with Crippen LogP contribution in [-0.4, -0.2) is 5.91 Å². The summed E-state index contributed by atoms with van der Waals surface area (Å²) < 4.78 is 42.6. The Bertz CT molecular complexity index is 852. The highest BCUT2D eigenvalue weighted by Crippen LogP contribution is 2.29. The molecule has 0 saturated carbocycles. The molecule has 0 unspecified atom stereocenters. The van der Waals surface area contributed by atoms with Crippen molar-refractivity contribution in [1.82, 2.24) is 5.32 Å². The van der Waals surface area contributed by atoms with E-state index in [2.05, 4.69) is 5.32 Å². The van der Waals surface area contributed by atoms with Gasteiger partial charge < -0.3 is 9.73 Å². The van der Waals surface area contributed by atoms with E-state index in [4.69, 9.17) is 4.42 Å². The van der Waals surface area contributed by atoms with Crippen LogP contribution >= 0.6 is 11.3 Å². The van der Waals surface area contributed by atoms with Gasteiger partial charge in [0.25, 0.3) is 0 Å². The zero-order valence-corrected chi connectivity index (χ0v) is 14.5. The fourth-order valence-corrected chi connectivity index (χ4v) is 3.28. The van der Waals surface area contributed by atoms with Crippen LogP contribution in [0.15, 0.2) is 58.7 Å². The second-order valence-corrected chi connectivity index (χ2v) is 6.78. The van der Waals surface area contributed by atoms with Crippen molar-refractivity contribution >= 4 is 17.2 Å². The number of halogens is 3. The van der Waals surface area contributed by atoms with Gasteiger partial charge in [-0.25, -0.2) is 0 Å². The van der Waals surface area contributed by atoms with E-state index in [0.717, 1.165) is 28.1 Å². The number of amides is 1. The van der Waals surface area contributed by atoms with Crippen LogP contribution in [0.2, 0.25) is 0 Å². The van der Waals surface area contributed by atoms with Crippen molar-refractivity contribution in [2.75, 3.05) is 0 Å². The lowest BCUT2D eigenvalue weighted by Crippen LogP contribution is -2.22. The molecule has 3 aromatic rings. The molecule has 1 amide bonds. The third-order valence-corrected chi connectivity index (χ3v) is 4.83. The number of furan rings is 1. The molecule has 3 nitrogen and oxygen atoms in total. The lowest BCUT2D eigenvalue weighted by atomic mass is 10.1. The Labute approximate surface area is 152 Å². The molecule has 0 fully saturated rings. The first-order valence-corrected chi connectivity index (χ1v) is 8.82. The second kappa shape index (κ2) is 7.78. The van der Waals surface area contributed by atoms with Crippen molar-refractivity contribution in [2.45, 2.75) is 25.6 Å². The quantitative estimate of drug-likeness (QED) is 0.633. The van der Waals surface area contributed by atoms with Gasteiger partial charge in [-0.1, -0.05) is 12.1 Å². The maximum absolute atomic E-state index is 12.5. The molecule has 7 heteroatoms. The Kier molecular flexibility index (Phi) is 5.46. The summed E-state index contributed by atoms with van der Waals surface area (Å²) in [6.07, 6.45) is -0.448. The molecule has 2 heterocycles. The van der Waals surface area contributed by atoms with Gasteiger partial charge in [0.05, 0.1) is 24.6 Å². The molecule has 1 N–H and O–H groups in total. The SMILES string of the molecule is O=C(CCc1ccc(C(F)(F)F)cc1)NCc1cc(-c2ccoc2)cs1. The third kappa shape index (κ3) is 4.76. The van der Waals surface area contributed by atoms with Gasteiger partial charge in [-0.15, -0.1) is 11.3 Å². The smallest absolute Gasteiger partial charge is 0.416 e. The highest BCUT2D eigenvalue weighted by molar-refractivity contribution is 7.10. The largest absolute Gasteiger partial charge is 0.472 e. The third-order valence-electron chi connectivity index (χ3n) is 3.89. The van der Waals surface area contributed by atoms with E-state index in [-0.39, 0.29) is 12.3 Å². The molecule has 0 spiro atoms. The number of benzene rings is 1. The molecule has 0 atom stereocenters. The minimum Gasteiger partial charge on any atom is -0.472 e. The number of nitrogens with one attached hydrogen (secondary N) is 1. The number of carbonyl (C=O) groups excluding carboxylic acids is 1. The van der Waals surface area contributed by atoms with E-state index >= 15 is 0 Å². The van der Waals surface area contributed by atoms with E-state index in [1.165, 1.54) is 12.1 Å². The number of carbonyl (C=O) groups is 1. The van der Waals surface area contributed by atoms with Crippen LogP contribution in [0.4, 0.5) is 13.2 Å². The predicted octanol–water partition coefficient (Wildman–Crippen LogP) is 5.28. The molecular formula is C19H16F3NO2S. The summed E-state index contributed by atoms with van der Waals surface area (Å²) >= 11 is 1.55. The summed E-state index contributed by atoms with van der Waals surface area (Å²) in [6, 6.07) is 8.76. The summed E-state index contributed by atoms with van der Waals surface area (Å²) in [5.41, 5.74) is 2.04. The summed E-state index contributed by atoms with van der Waals surface area (Å²) in [4.78, 5) is 13.0. The number of alkyl halides is 3. The Hall–Kier alpha value is -2.54. The van der Waals surface area contributed by atoms with E-state index in [9.17, 15) is 18.0 Å². The van der Waals surface area contributed by atoms with Crippen LogP contribution in [-0.2, 0) is 23.9 Å². The number of aryl methyl sites for hydroxylation is 1. The van der Waals surface area contributed by atoms with E-state index in [1.54, 1.807) is 23.9 Å². The molecule has 0 aliphatic carbocycles. The van der Waals surface area contributed by atoms with Gasteiger partial charge in [0.2, 0.25) is 5.91 Å². The van der Waals surface area contributed by atoms with Crippen molar-refractivity contribution in [2.24, 2.45) is 0 Å². The fourth-order valence-electron chi connectivity index (χ4n) is 2.45. The molecular weight excluding hydrogens is 363 g/mol. The maximum atomic E-state index is 12.5. The average Bonchev–Trinajstić information content (AvgIpc) is 3.29. The highest BCUT2D eigenvalue weighted by Gasteiger charge is 2.29. The first-order valence-electron chi connectivity index (χ1n) is 7.94. The summed E-state index contributed by atoms with van der Waals surface area (Å²) in [5.74, 6) is -0.136. The predicted molar refractivity (Wildman–Crippen MR) is 93.6 cm³/mol. The van der Waals surface area contributed by atoms with Crippen LogP contribution in [0.3, 0.4) is 0 Å². The van der Waals surface area contributed by atoms with Crippen molar-refractivity contribution in [3.05, 3.63) is 70.3 Å². The lowest BCUT2D eigenvalue weighted by molar-refractivity contribution is -0.137. The molecule has 0 aliphatic heterocycles. The molecule has 0 radical (unpaired) electrons. The van der Waals surface area contributed by atoms with Gasteiger partial charge in [0, 0.05) is 16.9 Å². The highest BCUT2D eigenvalue weighted by atomic mass is 32.1. The molecule has 0 bridgehead atoms. The van der Waals surface area contributed by atoms with Crippen LogP contribution in [0, 0.1) is 0 Å². The van der Waals surface area contributed by atoms with Crippen molar-refractivity contribution in [3.63, 3.8) is 0 Å². The number of hydrogen-bond acceptors (Lipinski definition) is 3. The first-order chi connectivity index (χ1) is 12.4. The Morgan fingerprint density at radius 2 is 1.88 bits per heavy atom. The minimum absolute atomic E-state index is 0.136. The van der Waals surface area contributed by atoms with Crippen LogP contribution in [0.25, 0.3) is 11.1 Å². The van der Waals surface area contributed by atoms with Gasteiger partial charge in [-0.3, -0.25) is 4.79 Å². The fraction of sp³-hybridized carbons (Fsp3) is 0.211. The van der Waals surface area contributed by atoms with Crippen LogP contribution in [0.1, 0.15) is 22.4 Å². The van der Waals surface area contributed by atoms with Crippen LogP contribution < -0.4 is 5.32 Å². The first kappa shape index (κ1) is 18.3. The van der Waals surface area contributed by atoms with E-state index < -0.39 is 11.7 Å². The molecule has 3 rings (SSSR count). The normalized spacial score (nSPS) is 11.5. The van der Waals surface area contributed by atoms with Crippen molar-refractivity contribution in [3.8, 4) is 11.1 Å². The molecule has 1 aromatic carbocycles. The molecule has 0 aliphatic rings. The van der Waals surface area contributed by atoms with Crippen molar-refractivity contribution in [1.29, 1.82) is 0 Å². The molecule has 0 saturated heterocycles. The Morgan fingerprint density at radius 3 is 2.54 bits per heavy atom. The van der Waals surface area contributed by atoms with Gasteiger partial charge in [0.1, 0.15) is 0 Å². The monoisotopic (exact) mass is 379 g/mol. The van der Waals surface area contributed by atoms with Crippen LogP contribution in [0.5, 0.6) is 0 Å². The number of thiophene rings is 1. The standard InChI is InChI=1S/C19H16F3NO2S/c20-19(21,22)16-4-1-13(2-5-16)3-6-18(24)23-10-17-9-15(12-26-17)14-7-8-25-11-14/h1-2,4-5,7-9,11-12H,3,6,10H2,(H,23,24). The molecule has 26 heavy (non-hydrogen) atoms. The zero-order valence-electron chi connectivity index (χ0n) is 13.7. The summed E-state index contributed by atoms with van der Waals surface area (Å²) in [5, 5.41) is 4.83. The van der Waals surface area contributed by atoms with Gasteiger partial charge in [0.15, 0.2) is 0 Å². The Morgan fingerprint density at radius 1 is 1.12 bits per heavy atom. The Balaban J connectivity index is 1.46. The van der Waals surface area contributed by atoms with Crippen molar-refractivity contribution < 1.29 is 22.4 Å². The van der Waals surface area contributed by atoms with Gasteiger partial charge >= 0.3 is 6.18 Å². The summed E-state index contributed by atoms with van der Waals surface area (Å²) in [7, 11) is 0. The number of hydrogen-bond donors (Lipinski definition) is 1. The molecule has 136 valence electrons. The lowest BCUT2D eigenvalue weighted by Gasteiger charge is -2.08. The van der Waals surface area contributed by atoms with Gasteiger partial charge in [-0.2, -0.15) is 13.2 Å². The zero-order chi connectivity index (χ0) is 18.6. The summed E-state index contributed by atoms with van der Waals surface area (Å²) in [6.45, 7) is 0.425. The average molecular weight is 379 g/mol. The topological polar surface area (TPSA) is 42.2 Å². The maximum Gasteiger partial charge on any atom is 0.416 e. The van der Waals surface area contributed by atoms with E-state index in [0.29, 0.717) is 18.5 Å². The van der Waals surface area contributed by atoms with E-state index in [1.807, 2.05) is 17.5 Å². The minimum atomic E-state index is -4.34. The second-order valence-electron chi connectivity index (χ2n) is 5.79. The number of rotatable bonds is 6.